The number of hydrogen-bond acceptors (Lipinski definition) is 3. The number of hydrogen-bond donors (Lipinski definition) is 2. The van der Waals surface area contributed by atoms with E-state index >= 15 is 0 Å². The molecule has 0 atom stereocenters. The minimum absolute atomic E-state index is 0.832. The molecule has 2 aromatic heterocycles. The summed E-state index contributed by atoms with van der Waals surface area (Å²) in [7, 11) is 0. The minimum Gasteiger partial charge on any atom is -0.357 e. The highest BCUT2D eigenvalue weighted by atomic mass is 15.2. The highest BCUT2D eigenvalue weighted by Gasteiger charge is 2.14. The maximum atomic E-state index is 4.74. The molecule has 0 radical (unpaired) electrons. The summed E-state index contributed by atoms with van der Waals surface area (Å²) in [5, 5.41) is 6.80. The van der Waals surface area contributed by atoms with Crippen molar-refractivity contribution >= 4 is 11.6 Å². The number of nitrogens with zero attached hydrogens (tertiary/aromatic N) is 4. The molecule has 1 aliphatic heterocycles. The van der Waals surface area contributed by atoms with Crippen LogP contribution in [0.2, 0.25) is 0 Å². The second-order valence-corrected chi connectivity index (χ2v) is 7.97. The van der Waals surface area contributed by atoms with Crippen LogP contribution in [0.1, 0.15) is 44.4 Å². The van der Waals surface area contributed by atoms with Crippen molar-refractivity contribution in [3.63, 3.8) is 0 Å². The van der Waals surface area contributed by atoms with Gasteiger partial charge in [-0.2, -0.15) is 0 Å². The summed E-state index contributed by atoms with van der Waals surface area (Å²) in [4.78, 5) is 12.1. The minimum atomic E-state index is 0.832. The number of likely N-dealkylation sites (tertiary alicyclic amines) is 1. The Kier molecular flexibility index (Phi) is 7.71. The van der Waals surface area contributed by atoms with Gasteiger partial charge in [0.15, 0.2) is 5.96 Å². The van der Waals surface area contributed by atoms with Crippen molar-refractivity contribution in [1.29, 1.82) is 0 Å². The molecule has 2 N–H and O–H groups in total. The number of aromatic nitrogens is 2. The third-order valence-corrected chi connectivity index (χ3v) is 5.52. The Balaban J connectivity index is 1.41. The fraction of sp³-hybridized carbons (Fsp3) is 0.636. The van der Waals surface area contributed by atoms with E-state index in [0.29, 0.717) is 0 Å². The summed E-state index contributed by atoms with van der Waals surface area (Å²) in [5.41, 5.74) is 3.36. The van der Waals surface area contributed by atoms with Crippen LogP contribution in [0.3, 0.4) is 0 Å². The van der Waals surface area contributed by atoms with Gasteiger partial charge in [-0.15, -0.1) is 0 Å². The normalized spacial score (nSPS) is 16.6. The fourth-order valence-electron chi connectivity index (χ4n) is 3.75. The van der Waals surface area contributed by atoms with Crippen LogP contribution in [0.25, 0.3) is 5.65 Å². The number of nitrogens with one attached hydrogen (secondary N) is 2. The maximum Gasteiger partial charge on any atom is 0.191 e. The second-order valence-electron chi connectivity index (χ2n) is 7.97. The van der Waals surface area contributed by atoms with E-state index in [9.17, 15) is 0 Å². The summed E-state index contributed by atoms with van der Waals surface area (Å²) in [6.45, 7) is 12.8. The summed E-state index contributed by atoms with van der Waals surface area (Å²) >= 11 is 0. The van der Waals surface area contributed by atoms with Crippen LogP contribution in [-0.2, 0) is 6.42 Å². The molecule has 1 fully saturated rings. The van der Waals surface area contributed by atoms with Crippen molar-refractivity contribution in [3.05, 3.63) is 35.8 Å². The van der Waals surface area contributed by atoms with Gasteiger partial charge in [-0.25, -0.2) is 4.98 Å². The molecule has 6 heteroatoms. The molecular weight excluding hydrogens is 348 g/mol. The van der Waals surface area contributed by atoms with Gasteiger partial charge in [-0.05, 0) is 70.3 Å². The zero-order valence-corrected chi connectivity index (χ0v) is 17.7. The van der Waals surface area contributed by atoms with Crippen LogP contribution in [0.4, 0.5) is 0 Å². The van der Waals surface area contributed by atoms with Crippen LogP contribution in [0, 0.1) is 12.8 Å². The first kappa shape index (κ1) is 20.6. The summed E-state index contributed by atoms with van der Waals surface area (Å²) in [5.74, 6) is 1.81. The molecule has 0 unspecified atom stereocenters. The standard InChI is InChI=1S/C22H36N6/c1-4-23-22(24-11-6-13-27-15-9-18(2)10-16-27)25-12-8-20-17-28-14-5-7-19(3)21(28)26-20/h5,7,14,17-18H,4,6,8-13,15-16H2,1-3H3,(H2,23,24,25). The summed E-state index contributed by atoms with van der Waals surface area (Å²) < 4.78 is 2.10. The van der Waals surface area contributed by atoms with Crippen LogP contribution in [0.5, 0.6) is 0 Å². The number of aryl methyl sites for hydroxylation is 1. The monoisotopic (exact) mass is 384 g/mol. The lowest BCUT2D eigenvalue weighted by Crippen LogP contribution is -2.38. The van der Waals surface area contributed by atoms with Crippen molar-refractivity contribution in [2.24, 2.45) is 10.9 Å². The van der Waals surface area contributed by atoms with Gasteiger partial charge in [0.2, 0.25) is 0 Å². The topological polar surface area (TPSA) is 57.0 Å². The molecule has 6 nitrogen and oxygen atoms in total. The first-order valence-electron chi connectivity index (χ1n) is 10.8. The van der Waals surface area contributed by atoms with Gasteiger partial charge < -0.3 is 19.9 Å². The molecule has 2 aromatic rings. The van der Waals surface area contributed by atoms with Gasteiger partial charge >= 0.3 is 0 Å². The number of pyridine rings is 1. The molecule has 0 aliphatic carbocycles. The van der Waals surface area contributed by atoms with Crippen molar-refractivity contribution < 1.29 is 0 Å². The molecule has 154 valence electrons. The van der Waals surface area contributed by atoms with Crippen molar-refractivity contribution in [2.75, 3.05) is 39.3 Å². The summed E-state index contributed by atoms with van der Waals surface area (Å²) in [6, 6.07) is 4.16. The maximum absolute atomic E-state index is 4.74. The molecule has 0 saturated carbocycles. The molecule has 3 rings (SSSR count). The van der Waals surface area contributed by atoms with Gasteiger partial charge in [0.1, 0.15) is 5.65 Å². The Bertz CT molecular complexity index is 757. The summed E-state index contributed by atoms with van der Waals surface area (Å²) in [6.07, 6.45) is 8.87. The average molecular weight is 385 g/mol. The largest absolute Gasteiger partial charge is 0.357 e. The Morgan fingerprint density at radius 2 is 2.11 bits per heavy atom. The quantitative estimate of drug-likeness (QED) is 0.417. The van der Waals surface area contributed by atoms with Gasteiger partial charge in [0, 0.05) is 38.4 Å². The highest BCUT2D eigenvalue weighted by Crippen LogP contribution is 2.15. The molecule has 0 aromatic carbocycles. The third kappa shape index (κ3) is 5.96. The van der Waals surface area contributed by atoms with E-state index in [2.05, 4.69) is 65.2 Å². The lowest BCUT2D eigenvalue weighted by atomic mass is 9.99. The smallest absolute Gasteiger partial charge is 0.191 e. The van der Waals surface area contributed by atoms with Gasteiger partial charge in [0.05, 0.1) is 5.69 Å². The molecule has 0 amide bonds. The predicted octanol–water partition coefficient (Wildman–Crippen LogP) is 2.86. The Morgan fingerprint density at radius 1 is 1.29 bits per heavy atom. The number of piperidine rings is 1. The van der Waals surface area contributed by atoms with Gasteiger partial charge in [-0.1, -0.05) is 13.0 Å². The van der Waals surface area contributed by atoms with Crippen LogP contribution >= 0.6 is 0 Å². The Hall–Kier alpha value is -2.08. The Labute approximate surface area is 169 Å². The first-order valence-corrected chi connectivity index (χ1v) is 10.8. The third-order valence-electron chi connectivity index (χ3n) is 5.52. The van der Waals surface area contributed by atoms with E-state index in [1.807, 2.05) is 0 Å². The zero-order chi connectivity index (χ0) is 19.8. The van der Waals surface area contributed by atoms with E-state index in [1.165, 1.54) is 31.5 Å². The van der Waals surface area contributed by atoms with Crippen molar-refractivity contribution in [3.8, 4) is 0 Å². The van der Waals surface area contributed by atoms with Crippen molar-refractivity contribution in [2.45, 2.75) is 46.5 Å². The van der Waals surface area contributed by atoms with E-state index in [-0.39, 0.29) is 0 Å². The van der Waals surface area contributed by atoms with Crippen LogP contribution < -0.4 is 10.6 Å². The van der Waals surface area contributed by atoms with E-state index in [1.54, 1.807) is 0 Å². The van der Waals surface area contributed by atoms with Gasteiger partial charge in [0.25, 0.3) is 0 Å². The van der Waals surface area contributed by atoms with E-state index in [0.717, 1.165) is 62.2 Å². The molecular formula is C22H36N6. The predicted molar refractivity (Wildman–Crippen MR) is 117 cm³/mol. The zero-order valence-electron chi connectivity index (χ0n) is 17.7. The highest BCUT2D eigenvalue weighted by molar-refractivity contribution is 5.79. The lowest BCUT2D eigenvalue weighted by molar-refractivity contribution is 0.192. The second kappa shape index (κ2) is 10.5. The Morgan fingerprint density at radius 3 is 2.86 bits per heavy atom. The lowest BCUT2D eigenvalue weighted by Gasteiger charge is -2.29. The van der Waals surface area contributed by atoms with E-state index < -0.39 is 0 Å². The van der Waals surface area contributed by atoms with E-state index in [4.69, 9.17) is 9.98 Å². The molecule has 0 spiro atoms. The molecule has 1 saturated heterocycles. The van der Waals surface area contributed by atoms with Crippen molar-refractivity contribution in [1.82, 2.24) is 24.9 Å². The number of guanidine groups is 1. The first-order chi connectivity index (χ1) is 13.7. The molecule has 28 heavy (non-hydrogen) atoms. The SMILES string of the molecule is CCNC(=NCCCN1CCC(C)CC1)NCCc1cn2cccc(C)c2n1. The molecule has 0 bridgehead atoms. The number of rotatable bonds is 8. The van der Waals surface area contributed by atoms with Gasteiger partial charge in [-0.3, -0.25) is 4.99 Å². The molecule has 3 heterocycles. The van der Waals surface area contributed by atoms with Crippen LogP contribution in [0.15, 0.2) is 29.5 Å². The van der Waals surface area contributed by atoms with Crippen LogP contribution in [-0.4, -0.2) is 59.5 Å². The number of aliphatic imine (C=N–C) groups is 1. The number of imidazole rings is 1. The molecule has 1 aliphatic rings. The number of fused-ring (bicyclic) bond motifs is 1. The average Bonchev–Trinajstić information content (AvgIpc) is 3.11. The fourth-order valence-corrected chi connectivity index (χ4v) is 3.75.